The second kappa shape index (κ2) is 4.90. The number of aliphatic hydroxyl groups is 1. The number of rotatable bonds is 3. The molecule has 2 atom stereocenters. The van der Waals surface area contributed by atoms with Crippen LogP contribution < -0.4 is 0 Å². The van der Waals surface area contributed by atoms with Gasteiger partial charge in [0.25, 0.3) is 0 Å². The van der Waals surface area contributed by atoms with Crippen LogP contribution in [0, 0.1) is 5.92 Å². The third-order valence-corrected chi connectivity index (χ3v) is 3.55. The molecule has 2 heteroatoms. The molecule has 0 aliphatic carbocycles. The Balaban J connectivity index is 1.87. The van der Waals surface area contributed by atoms with Crippen molar-refractivity contribution in [2.75, 3.05) is 0 Å². The zero-order valence-corrected chi connectivity index (χ0v) is 10.6. The first kappa shape index (κ1) is 12.0. The summed E-state index contributed by atoms with van der Waals surface area (Å²) >= 11 is 0. The molecule has 0 radical (unpaired) electrons. The van der Waals surface area contributed by atoms with Gasteiger partial charge in [-0.15, -0.1) is 0 Å². The second-order valence-electron chi connectivity index (χ2n) is 4.81. The molecule has 19 heavy (non-hydrogen) atoms. The molecule has 96 valence electrons. The van der Waals surface area contributed by atoms with Gasteiger partial charge in [0.15, 0.2) is 0 Å². The fourth-order valence-corrected chi connectivity index (χ4v) is 2.49. The predicted molar refractivity (Wildman–Crippen MR) is 74.2 cm³/mol. The third-order valence-electron chi connectivity index (χ3n) is 3.55. The first-order valence-corrected chi connectivity index (χ1v) is 6.45. The van der Waals surface area contributed by atoms with Gasteiger partial charge < -0.3 is 9.84 Å². The summed E-state index contributed by atoms with van der Waals surface area (Å²) < 4.78 is 5.49. The molecule has 1 aliphatic rings. The summed E-state index contributed by atoms with van der Waals surface area (Å²) in [6.45, 7) is 0. The molecular weight excluding hydrogens is 236 g/mol. The number of hydrogen-bond donors (Lipinski definition) is 1. The van der Waals surface area contributed by atoms with Gasteiger partial charge in [0, 0.05) is 5.56 Å². The van der Waals surface area contributed by atoms with E-state index in [9.17, 15) is 5.11 Å². The van der Waals surface area contributed by atoms with Crippen LogP contribution in [0.5, 0.6) is 0 Å². The number of ether oxygens (including phenoxy) is 1. The maximum absolute atomic E-state index is 10.8. The fourth-order valence-electron chi connectivity index (χ4n) is 2.49. The lowest BCUT2D eigenvalue weighted by molar-refractivity contribution is -0.187. The largest absolute Gasteiger partial charge is 0.465 e. The van der Waals surface area contributed by atoms with Crippen molar-refractivity contribution in [1.29, 1.82) is 0 Å². The highest BCUT2D eigenvalue weighted by atomic mass is 16.6. The molecule has 1 aliphatic heterocycles. The van der Waals surface area contributed by atoms with Gasteiger partial charge in [-0.1, -0.05) is 60.7 Å². The molecule has 0 fully saturated rings. The van der Waals surface area contributed by atoms with Gasteiger partial charge >= 0.3 is 0 Å². The van der Waals surface area contributed by atoms with E-state index in [1.807, 2.05) is 54.6 Å². The van der Waals surface area contributed by atoms with Crippen LogP contribution in [-0.2, 0) is 16.9 Å². The lowest BCUT2D eigenvalue weighted by Crippen LogP contribution is -2.33. The lowest BCUT2D eigenvalue weighted by atomic mass is 9.88. The maximum Gasteiger partial charge on any atom is 0.240 e. The van der Waals surface area contributed by atoms with Crippen LogP contribution in [0.2, 0.25) is 0 Å². The minimum Gasteiger partial charge on any atom is -0.465 e. The van der Waals surface area contributed by atoms with Gasteiger partial charge in [0.2, 0.25) is 5.79 Å². The first-order chi connectivity index (χ1) is 9.29. The monoisotopic (exact) mass is 252 g/mol. The quantitative estimate of drug-likeness (QED) is 0.908. The molecular formula is C17H16O2. The van der Waals surface area contributed by atoms with Crippen molar-refractivity contribution in [3.05, 3.63) is 84.1 Å². The Morgan fingerprint density at radius 2 is 1.58 bits per heavy atom. The summed E-state index contributed by atoms with van der Waals surface area (Å²) in [5.74, 6) is -1.32. The van der Waals surface area contributed by atoms with Crippen LogP contribution in [0.1, 0.15) is 11.1 Å². The van der Waals surface area contributed by atoms with Crippen molar-refractivity contribution in [2.24, 2.45) is 5.92 Å². The van der Waals surface area contributed by atoms with E-state index >= 15 is 0 Å². The average Bonchev–Trinajstić information content (AvgIpc) is 2.84. The topological polar surface area (TPSA) is 29.5 Å². The van der Waals surface area contributed by atoms with Gasteiger partial charge in [-0.3, -0.25) is 0 Å². The van der Waals surface area contributed by atoms with E-state index in [2.05, 4.69) is 12.1 Å². The van der Waals surface area contributed by atoms with Crippen LogP contribution in [0.15, 0.2) is 73.0 Å². The smallest absolute Gasteiger partial charge is 0.240 e. The van der Waals surface area contributed by atoms with Gasteiger partial charge in [-0.2, -0.15) is 0 Å². The highest BCUT2D eigenvalue weighted by molar-refractivity contribution is 5.26. The minimum atomic E-state index is -1.25. The van der Waals surface area contributed by atoms with Crippen molar-refractivity contribution in [3.8, 4) is 0 Å². The summed E-state index contributed by atoms with van der Waals surface area (Å²) in [6.07, 6.45) is 4.28. The number of hydrogen-bond acceptors (Lipinski definition) is 2. The van der Waals surface area contributed by atoms with E-state index in [-0.39, 0.29) is 5.92 Å². The van der Waals surface area contributed by atoms with Crippen LogP contribution in [0.25, 0.3) is 0 Å². The summed E-state index contributed by atoms with van der Waals surface area (Å²) in [5.41, 5.74) is 1.98. The van der Waals surface area contributed by atoms with Gasteiger partial charge in [0.1, 0.15) is 0 Å². The molecule has 0 bridgehead atoms. The Morgan fingerprint density at radius 3 is 2.26 bits per heavy atom. The fraction of sp³-hybridized carbons (Fsp3) is 0.176. The predicted octanol–water partition coefficient (Wildman–Crippen LogP) is 3.23. The lowest BCUT2D eigenvalue weighted by Gasteiger charge is -2.29. The zero-order valence-electron chi connectivity index (χ0n) is 10.6. The standard InChI is InChI=1S/C17H16O2/c18-17(15-9-5-2-6-10-15)16(11-12-19-17)13-14-7-3-1-4-8-14/h1-12,16,18H,13H2. The van der Waals surface area contributed by atoms with Crippen LogP contribution in [0.3, 0.4) is 0 Å². The van der Waals surface area contributed by atoms with E-state index in [1.165, 1.54) is 5.56 Å². The summed E-state index contributed by atoms with van der Waals surface area (Å²) in [5, 5.41) is 10.8. The Morgan fingerprint density at radius 1 is 0.947 bits per heavy atom. The van der Waals surface area contributed by atoms with Crippen molar-refractivity contribution >= 4 is 0 Å². The third kappa shape index (κ3) is 2.27. The molecule has 0 aromatic heterocycles. The molecule has 1 N–H and O–H groups in total. The van der Waals surface area contributed by atoms with E-state index in [0.717, 1.165) is 12.0 Å². The molecule has 2 nitrogen and oxygen atoms in total. The molecule has 1 heterocycles. The Labute approximate surface area is 113 Å². The Bertz CT molecular complexity index is 562. The Hall–Kier alpha value is -2.06. The molecule has 0 spiro atoms. The highest BCUT2D eigenvalue weighted by Crippen LogP contribution is 2.38. The Kier molecular flexibility index (Phi) is 3.10. The molecule has 2 aromatic rings. The van der Waals surface area contributed by atoms with Crippen molar-refractivity contribution in [2.45, 2.75) is 12.2 Å². The van der Waals surface area contributed by atoms with Gasteiger partial charge in [-0.25, -0.2) is 0 Å². The number of benzene rings is 2. The summed E-state index contributed by atoms with van der Waals surface area (Å²) in [6, 6.07) is 19.7. The summed E-state index contributed by atoms with van der Waals surface area (Å²) in [4.78, 5) is 0. The second-order valence-corrected chi connectivity index (χ2v) is 4.81. The molecule has 2 aromatic carbocycles. The van der Waals surface area contributed by atoms with Crippen LogP contribution in [-0.4, -0.2) is 5.11 Å². The maximum atomic E-state index is 10.8. The van der Waals surface area contributed by atoms with Crippen molar-refractivity contribution in [3.63, 3.8) is 0 Å². The van der Waals surface area contributed by atoms with E-state index in [0.29, 0.717) is 0 Å². The normalized spacial score (nSPS) is 25.2. The van der Waals surface area contributed by atoms with E-state index in [4.69, 9.17) is 4.74 Å². The van der Waals surface area contributed by atoms with E-state index in [1.54, 1.807) is 6.26 Å². The van der Waals surface area contributed by atoms with Crippen LogP contribution in [0.4, 0.5) is 0 Å². The average molecular weight is 252 g/mol. The van der Waals surface area contributed by atoms with E-state index < -0.39 is 5.79 Å². The molecule has 0 saturated carbocycles. The SMILES string of the molecule is OC1(c2ccccc2)OC=CC1Cc1ccccc1. The molecule has 0 saturated heterocycles. The molecule has 2 unspecified atom stereocenters. The van der Waals surface area contributed by atoms with Crippen molar-refractivity contribution < 1.29 is 9.84 Å². The van der Waals surface area contributed by atoms with Crippen molar-refractivity contribution in [1.82, 2.24) is 0 Å². The van der Waals surface area contributed by atoms with Gasteiger partial charge in [0.05, 0.1) is 12.2 Å². The van der Waals surface area contributed by atoms with Gasteiger partial charge in [-0.05, 0) is 18.1 Å². The molecule has 3 rings (SSSR count). The first-order valence-electron chi connectivity index (χ1n) is 6.45. The molecule has 0 amide bonds. The highest BCUT2D eigenvalue weighted by Gasteiger charge is 2.41. The minimum absolute atomic E-state index is 0.0719. The zero-order chi connectivity index (χ0) is 13.1. The summed E-state index contributed by atoms with van der Waals surface area (Å²) in [7, 11) is 0. The van der Waals surface area contributed by atoms with Crippen LogP contribution >= 0.6 is 0 Å².